The lowest BCUT2D eigenvalue weighted by molar-refractivity contribution is -0.147. The molecule has 0 aromatic heterocycles. The van der Waals surface area contributed by atoms with E-state index in [0.717, 1.165) is 75.3 Å². The number of hydrogen-bond acceptors (Lipinski definition) is 4. The van der Waals surface area contributed by atoms with Gasteiger partial charge in [-0.3, -0.25) is 9.59 Å². The van der Waals surface area contributed by atoms with E-state index in [0.29, 0.717) is 6.42 Å². The van der Waals surface area contributed by atoms with Crippen LogP contribution in [0.2, 0.25) is 0 Å². The number of phenolic OH excluding ortho intramolecular Hbond substituents is 2. The first-order valence-corrected chi connectivity index (χ1v) is 10.6. The summed E-state index contributed by atoms with van der Waals surface area (Å²) >= 11 is 0. The zero-order valence-electron chi connectivity index (χ0n) is 17.5. The van der Waals surface area contributed by atoms with Crippen LogP contribution in [0, 0.1) is 10.8 Å². The molecule has 0 amide bonds. The number of carboxylic acids is 2. The largest absolute Gasteiger partial charge is 0.504 e. The second-order valence-corrected chi connectivity index (χ2v) is 9.15. The second kappa shape index (κ2) is 9.51. The summed E-state index contributed by atoms with van der Waals surface area (Å²) in [7, 11) is 0. The van der Waals surface area contributed by atoms with Crippen molar-refractivity contribution in [2.75, 3.05) is 0 Å². The Hall–Kier alpha value is -2.24. The molecule has 1 fully saturated rings. The normalized spacial score (nSPS) is 15.2. The molecule has 0 unspecified atom stereocenters. The zero-order valence-corrected chi connectivity index (χ0v) is 17.5. The maximum absolute atomic E-state index is 11.2. The number of unbranched alkanes of at least 4 members (excludes halogenated alkanes) is 3. The van der Waals surface area contributed by atoms with Crippen molar-refractivity contribution in [1.82, 2.24) is 0 Å². The fourth-order valence-electron chi connectivity index (χ4n) is 3.80. The van der Waals surface area contributed by atoms with Crippen molar-refractivity contribution in [2.45, 2.75) is 84.5 Å². The zero-order chi connectivity index (χ0) is 21.7. The quantitative estimate of drug-likeness (QED) is 0.274. The van der Waals surface area contributed by atoms with Crippen LogP contribution in [0.3, 0.4) is 0 Å². The molecule has 1 aromatic carbocycles. The van der Waals surface area contributed by atoms with E-state index in [-0.39, 0.29) is 11.5 Å². The predicted molar refractivity (Wildman–Crippen MR) is 110 cm³/mol. The molecule has 6 nitrogen and oxygen atoms in total. The highest BCUT2D eigenvalue weighted by molar-refractivity contribution is 5.77. The van der Waals surface area contributed by atoms with Crippen molar-refractivity contribution in [3.8, 4) is 11.5 Å². The molecular formula is C23H34O6. The van der Waals surface area contributed by atoms with Crippen LogP contribution < -0.4 is 0 Å². The van der Waals surface area contributed by atoms with Crippen LogP contribution in [0.4, 0.5) is 0 Å². The van der Waals surface area contributed by atoms with Crippen LogP contribution in [0.5, 0.6) is 11.5 Å². The van der Waals surface area contributed by atoms with E-state index in [1.54, 1.807) is 26.0 Å². The Bertz CT molecular complexity index is 733. The van der Waals surface area contributed by atoms with Gasteiger partial charge in [-0.05, 0) is 88.5 Å². The van der Waals surface area contributed by atoms with Gasteiger partial charge in [-0.1, -0.05) is 19.3 Å². The number of hydrogen-bond donors (Lipinski definition) is 4. The van der Waals surface area contributed by atoms with Crippen LogP contribution >= 0.6 is 0 Å². The van der Waals surface area contributed by atoms with Gasteiger partial charge in [-0.15, -0.1) is 0 Å². The lowest BCUT2D eigenvalue weighted by atomic mass is 9.86. The maximum atomic E-state index is 11.2. The molecule has 1 aromatic rings. The summed E-state index contributed by atoms with van der Waals surface area (Å²) < 4.78 is 0. The smallest absolute Gasteiger partial charge is 0.309 e. The summed E-state index contributed by atoms with van der Waals surface area (Å²) in [6, 6.07) is 3.22. The molecule has 0 bridgehead atoms. The minimum absolute atomic E-state index is 0.126. The van der Waals surface area contributed by atoms with Gasteiger partial charge in [-0.2, -0.15) is 0 Å². The first-order chi connectivity index (χ1) is 13.6. The van der Waals surface area contributed by atoms with Crippen molar-refractivity contribution in [3.63, 3.8) is 0 Å². The van der Waals surface area contributed by atoms with E-state index in [2.05, 4.69) is 0 Å². The summed E-state index contributed by atoms with van der Waals surface area (Å²) in [5, 5.41) is 38.2. The molecule has 0 heterocycles. The van der Waals surface area contributed by atoms with Gasteiger partial charge in [0.2, 0.25) is 0 Å². The first-order valence-electron chi connectivity index (χ1n) is 10.6. The topological polar surface area (TPSA) is 115 Å². The Morgan fingerprint density at radius 1 is 0.897 bits per heavy atom. The molecule has 4 N–H and O–H groups in total. The highest BCUT2D eigenvalue weighted by atomic mass is 16.4. The molecule has 2 rings (SSSR count). The third-order valence-corrected chi connectivity index (χ3v) is 6.28. The van der Waals surface area contributed by atoms with E-state index in [9.17, 15) is 30.0 Å². The van der Waals surface area contributed by atoms with Gasteiger partial charge in [0.1, 0.15) is 0 Å². The van der Waals surface area contributed by atoms with Crippen LogP contribution in [0.15, 0.2) is 12.1 Å². The van der Waals surface area contributed by atoms with Crippen molar-refractivity contribution in [3.05, 3.63) is 23.3 Å². The lowest BCUT2D eigenvalue weighted by Gasteiger charge is -2.19. The molecule has 6 heteroatoms. The number of benzene rings is 1. The Morgan fingerprint density at radius 2 is 1.41 bits per heavy atom. The third kappa shape index (κ3) is 6.38. The number of aryl methyl sites for hydroxylation is 2. The third-order valence-electron chi connectivity index (χ3n) is 6.28. The van der Waals surface area contributed by atoms with Crippen molar-refractivity contribution >= 4 is 11.9 Å². The average molecular weight is 407 g/mol. The Morgan fingerprint density at radius 3 is 1.86 bits per heavy atom. The van der Waals surface area contributed by atoms with Gasteiger partial charge in [-0.25, -0.2) is 0 Å². The van der Waals surface area contributed by atoms with E-state index in [1.807, 2.05) is 0 Å². The Kier molecular flexibility index (Phi) is 7.55. The number of phenols is 2. The molecule has 1 saturated carbocycles. The number of carboxylic acid groups (broad SMARTS) is 2. The minimum atomic E-state index is -0.795. The molecule has 1 aliphatic carbocycles. The van der Waals surface area contributed by atoms with E-state index in [1.165, 1.54) is 0 Å². The molecule has 29 heavy (non-hydrogen) atoms. The fraction of sp³-hybridized carbons (Fsp3) is 0.652. The van der Waals surface area contributed by atoms with Crippen molar-refractivity contribution in [2.24, 2.45) is 10.8 Å². The van der Waals surface area contributed by atoms with Crippen molar-refractivity contribution in [1.29, 1.82) is 0 Å². The van der Waals surface area contributed by atoms with Crippen molar-refractivity contribution < 1.29 is 30.0 Å². The summed E-state index contributed by atoms with van der Waals surface area (Å²) in [5.74, 6) is -1.73. The van der Waals surface area contributed by atoms with Gasteiger partial charge in [0.05, 0.1) is 10.8 Å². The van der Waals surface area contributed by atoms with Gasteiger partial charge in [0.25, 0.3) is 0 Å². The summed E-state index contributed by atoms with van der Waals surface area (Å²) in [5.41, 5.74) is 0.773. The minimum Gasteiger partial charge on any atom is -0.504 e. The van der Waals surface area contributed by atoms with Crippen LogP contribution in [0.25, 0.3) is 0 Å². The predicted octanol–water partition coefficient (Wildman–Crippen LogP) is 4.89. The molecular weight excluding hydrogens is 372 g/mol. The van der Waals surface area contributed by atoms with E-state index < -0.39 is 22.8 Å². The molecule has 0 atom stereocenters. The summed E-state index contributed by atoms with van der Waals surface area (Å²) in [6.07, 6.45) is 8.70. The SMILES string of the molecule is CC(C)(CCCCc1cc(O)c(O)cc1CCCCCC1(C(=O)O)CC1)C(=O)O. The molecule has 0 saturated heterocycles. The highest BCUT2D eigenvalue weighted by Gasteiger charge is 2.49. The monoisotopic (exact) mass is 406 g/mol. The van der Waals surface area contributed by atoms with Gasteiger partial charge < -0.3 is 20.4 Å². The number of rotatable bonds is 13. The number of aromatic hydroxyl groups is 2. The maximum Gasteiger partial charge on any atom is 0.309 e. The standard InChI is InChI=1S/C23H34O6/c1-22(2,20(26)27)10-7-5-9-17-15-19(25)18(24)14-16(17)8-4-3-6-11-23(12-13-23)21(28)29/h14-15,24-25H,3-13H2,1-2H3,(H,26,27)(H,28,29). The fourth-order valence-corrected chi connectivity index (χ4v) is 3.80. The molecule has 0 spiro atoms. The van der Waals surface area contributed by atoms with Gasteiger partial charge in [0.15, 0.2) is 11.5 Å². The summed E-state index contributed by atoms with van der Waals surface area (Å²) in [4.78, 5) is 22.4. The van der Waals surface area contributed by atoms with Crippen LogP contribution in [-0.2, 0) is 22.4 Å². The van der Waals surface area contributed by atoms with Crippen LogP contribution in [-0.4, -0.2) is 32.4 Å². The van der Waals surface area contributed by atoms with E-state index >= 15 is 0 Å². The molecule has 1 aliphatic rings. The Balaban J connectivity index is 1.83. The van der Waals surface area contributed by atoms with Gasteiger partial charge >= 0.3 is 11.9 Å². The summed E-state index contributed by atoms with van der Waals surface area (Å²) in [6.45, 7) is 3.45. The average Bonchev–Trinajstić information content (AvgIpc) is 3.43. The number of carbonyl (C=O) groups is 2. The second-order valence-electron chi connectivity index (χ2n) is 9.15. The Labute approximate surface area is 172 Å². The number of aliphatic carboxylic acids is 2. The lowest BCUT2D eigenvalue weighted by Crippen LogP contribution is -2.23. The molecule has 0 aliphatic heterocycles. The van der Waals surface area contributed by atoms with Gasteiger partial charge in [0, 0.05) is 0 Å². The first kappa shape index (κ1) is 23.0. The van der Waals surface area contributed by atoms with E-state index in [4.69, 9.17) is 0 Å². The molecule has 0 radical (unpaired) electrons. The molecule has 162 valence electrons. The van der Waals surface area contributed by atoms with Crippen LogP contribution in [0.1, 0.15) is 82.8 Å². The highest BCUT2D eigenvalue weighted by Crippen LogP contribution is 2.50.